The molecule has 0 spiro atoms. The van der Waals surface area contributed by atoms with Gasteiger partial charge in [-0.3, -0.25) is 0 Å². The maximum atomic E-state index is 14.1. The van der Waals surface area contributed by atoms with Crippen molar-refractivity contribution in [3.05, 3.63) is 59.4 Å². The monoisotopic (exact) mass is 230 g/mol. The van der Waals surface area contributed by atoms with Crippen LogP contribution < -0.4 is 0 Å². The highest BCUT2D eigenvalue weighted by atomic mass is 19.1. The number of benzene rings is 2. The average molecular weight is 230 g/mol. The van der Waals surface area contributed by atoms with E-state index in [-0.39, 0.29) is 5.56 Å². The number of rotatable bonds is 2. The quantitative estimate of drug-likeness (QED) is 0.857. The molecule has 2 rings (SSSR count). The summed E-state index contributed by atoms with van der Waals surface area (Å²) >= 11 is 0. The Morgan fingerprint density at radius 3 is 2.35 bits per heavy atom. The third-order valence-corrected chi connectivity index (χ3v) is 2.64. The Kier molecular flexibility index (Phi) is 2.91. The summed E-state index contributed by atoms with van der Waals surface area (Å²) in [6.45, 7) is 1.76. The normalized spacial score (nSPS) is 10.2. The minimum absolute atomic E-state index is 0.297. The summed E-state index contributed by atoms with van der Waals surface area (Å²) in [7, 11) is 0. The molecule has 3 heteroatoms. The van der Waals surface area contributed by atoms with E-state index in [1.165, 1.54) is 6.07 Å². The lowest BCUT2D eigenvalue weighted by molar-refractivity contribution is 0.0692. The zero-order chi connectivity index (χ0) is 12.4. The number of carboxylic acids is 1. The van der Waals surface area contributed by atoms with Gasteiger partial charge in [0.2, 0.25) is 0 Å². The van der Waals surface area contributed by atoms with Gasteiger partial charge in [-0.15, -0.1) is 0 Å². The predicted octanol–water partition coefficient (Wildman–Crippen LogP) is 3.50. The highest BCUT2D eigenvalue weighted by Crippen LogP contribution is 2.28. The molecule has 2 nitrogen and oxygen atoms in total. The average Bonchev–Trinajstić information content (AvgIpc) is 2.30. The zero-order valence-corrected chi connectivity index (χ0v) is 9.27. The van der Waals surface area contributed by atoms with Gasteiger partial charge in [0.15, 0.2) is 0 Å². The number of aromatic carboxylic acids is 1. The van der Waals surface area contributed by atoms with Crippen LogP contribution in [0.4, 0.5) is 4.39 Å². The molecule has 0 saturated carbocycles. The molecule has 0 fully saturated rings. The van der Waals surface area contributed by atoms with Gasteiger partial charge < -0.3 is 5.11 Å². The van der Waals surface area contributed by atoms with Crippen LogP contribution in [-0.4, -0.2) is 11.1 Å². The van der Waals surface area contributed by atoms with Crippen LogP contribution in [0, 0.1) is 12.7 Å². The first-order valence-electron chi connectivity index (χ1n) is 5.19. The van der Waals surface area contributed by atoms with Gasteiger partial charge in [-0.2, -0.15) is 0 Å². The number of hydrogen-bond acceptors (Lipinski definition) is 1. The molecule has 0 amide bonds. The molecule has 0 aliphatic rings. The van der Waals surface area contributed by atoms with E-state index >= 15 is 0 Å². The highest BCUT2D eigenvalue weighted by molar-refractivity contribution is 5.90. The summed E-state index contributed by atoms with van der Waals surface area (Å²) in [5, 5.41) is 8.89. The van der Waals surface area contributed by atoms with Crippen LogP contribution >= 0.6 is 0 Å². The Labute approximate surface area is 98.3 Å². The lowest BCUT2D eigenvalue weighted by Crippen LogP contribution is -2.03. The van der Waals surface area contributed by atoms with Crippen molar-refractivity contribution >= 4 is 5.97 Å². The lowest BCUT2D eigenvalue weighted by atomic mass is 9.97. The van der Waals surface area contributed by atoms with Crippen molar-refractivity contribution in [1.29, 1.82) is 0 Å². The first kappa shape index (κ1) is 11.3. The molecule has 2 aromatic rings. The van der Waals surface area contributed by atoms with Crippen LogP contribution in [0.25, 0.3) is 11.1 Å². The summed E-state index contributed by atoms with van der Waals surface area (Å²) in [6, 6.07) is 11.9. The van der Waals surface area contributed by atoms with Gasteiger partial charge in [-0.05, 0) is 24.1 Å². The van der Waals surface area contributed by atoms with E-state index < -0.39 is 11.8 Å². The molecule has 86 valence electrons. The summed E-state index contributed by atoms with van der Waals surface area (Å²) in [5.74, 6) is -1.93. The van der Waals surface area contributed by atoms with Crippen LogP contribution in [0.5, 0.6) is 0 Å². The van der Waals surface area contributed by atoms with Gasteiger partial charge in [0, 0.05) is 5.56 Å². The summed E-state index contributed by atoms with van der Waals surface area (Å²) < 4.78 is 14.1. The number of carboxylic acid groups (broad SMARTS) is 1. The second-order valence-corrected chi connectivity index (χ2v) is 3.79. The van der Waals surface area contributed by atoms with Crippen LogP contribution in [0.15, 0.2) is 42.5 Å². The van der Waals surface area contributed by atoms with Gasteiger partial charge in [0.25, 0.3) is 0 Å². The second kappa shape index (κ2) is 4.37. The van der Waals surface area contributed by atoms with Crippen molar-refractivity contribution in [2.45, 2.75) is 6.92 Å². The molecule has 0 saturated heterocycles. The van der Waals surface area contributed by atoms with E-state index in [0.29, 0.717) is 11.1 Å². The van der Waals surface area contributed by atoms with Crippen molar-refractivity contribution in [3.8, 4) is 11.1 Å². The summed E-state index contributed by atoms with van der Waals surface area (Å²) in [4.78, 5) is 10.9. The number of hydrogen-bond donors (Lipinski definition) is 1. The zero-order valence-electron chi connectivity index (χ0n) is 9.27. The first-order chi connectivity index (χ1) is 8.11. The molecule has 0 atom stereocenters. The predicted molar refractivity (Wildman–Crippen MR) is 63.5 cm³/mol. The molecular weight excluding hydrogens is 219 g/mol. The fourth-order valence-corrected chi connectivity index (χ4v) is 1.80. The standard InChI is InChI=1S/C14H11FO2/c1-9-7-8-11(14(16)17)13(15)12(9)10-5-3-2-4-6-10/h2-8H,1H3,(H,16,17). The Bertz CT molecular complexity index is 562. The molecule has 0 bridgehead atoms. The maximum Gasteiger partial charge on any atom is 0.338 e. The molecular formula is C14H11FO2. The lowest BCUT2D eigenvalue weighted by Gasteiger charge is -2.09. The van der Waals surface area contributed by atoms with E-state index in [2.05, 4.69) is 0 Å². The minimum Gasteiger partial charge on any atom is -0.478 e. The number of aryl methyl sites for hydroxylation is 1. The van der Waals surface area contributed by atoms with Gasteiger partial charge in [0.05, 0.1) is 5.56 Å². The van der Waals surface area contributed by atoms with Gasteiger partial charge in [-0.25, -0.2) is 9.18 Å². The van der Waals surface area contributed by atoms with Gasteiger partial charge >= 0.3 is 5.97 Å². The van der Waals surface area contributed by atoms with E-state index in [4.69, 9.17) is 5.11 Å². The minimum atomic E-state index is -1.25. The number of halogens is 1. The fraction of sp³-hybridized carbons (Fsp3) is 0.0714. The van der Waals surface area contributed by atoms with E-state index in [1.54, 1.807) is 37.3 Å². The van der Waals surface area contributed by atoms with Crippen LogP contribution in [-0.2, 0) is 0 Å². The highest BCUT2D eigenvalue weighted by Gasteiger charge is 2.16. The Morgan fingerprint density at radius 1 is 1.12 bits per heavy atom. The van der Waals surface area contributed by atoms with Gasteiger partial charge in [0.1, 0.15) is 5.82 Å². The SMILES string of the molecule is Cc1ccc(C(=O)O)c(F)c1-c1ccccc1. The van der Waals surface area contributed by atoms with Crippen molar-refractivity contribution < 1.29 is 14.3 Å². The Balaban J connectivity index is 2.69. The Morgan fingerprint density at radius 2 is 1.76 bits per heavy atom. The second-order valence-electron chi connectivity index (χ2n) is 3.79. The summed E-state index contributed by atoms with van der Waals surface area (Å²) in [6.07, 6.45) is 0. The molecule has 17 heavy (non-hydrogen) atoms. The van der Waals surface area contributed by atoms with Crippen molar-refractivity contribution in [2.24, 2.45) is 0 Å². The van der Waals surface area contributed by atoms with Crippen LogP contribution in [0.3, 0.4) is 0 Å². The van der Waals surface area contributed by atoms with E-state index in [1.807, 2.05) is 6.07 Å². The number of carbonyl (C=O) groups is 1. The van der Waals surface area contributed by atoms with Crippen molar-refractivity contribution in [3.63, 3.8) is 0 Å². The first-order valence-corrected chi connectivity index (χ1v) is 5.19. The smallest absolute Gasteiger partial charge is 0.338 e. The van der Waals surface area contributed by atoms with E-state index in [0.717, 1.165) is 5.56 Å². The Hall–Kier alpha value is -2.16. The largest absolute Gasteiger partial charge is 0.478 e. The molecule has 0 aliphatic heterocycles. The van der Waals surface area contributed by atoms with Crippen LogP contribution in [0.1, 0.15) is 15.9 Å². The third kappa shape index (κ3) is 2.04. The maximum absolute atomic E-state index is 14.1. The van der Waals surface area contributed by atoms with Gasteiger partial charge in [-0.1, -0.05) is 36.4 Å². The molecule has 0 aromatic heterocycles. The molecule has 1 N–H and O–H groups in total. The molecule has 0 heterocycles. The molecule has 0 aliphatic carbocycles. The van der Waals surface area contributed by atoms with Crippen molar-refractivity contribution in [2.75, 3.05) is 0 Å². The molecule has 0 radical (unpaired) electrons. The molecule has 0 unspecified atom stereocenters. The fourth-order valence-electron chi connectivity index (χ4n) is 1.80. The topological polar surface area (TPSA) is 37.3 Å². The van der Waals surface area contributed by atoms with Crippen LogP contribution in [0.2, 0.25) is 0 Å². The summed E-state index contributed by atoms with van der Waals surface area (Å²) in [5.41, 5.74) is 1.46. The third-order valence-electron chi connectivity index (χ3n) is 2.64. The van der Waals surface area contributed by atoms with E-state index in [9.17, 15) is 9.18 Å². The van der Waals surface area contributed by atoms with Crippen molar-refractivity contribution in [1.82, 2.24) is 0 Å². The molecule has 2 aromatic carbocycles.